The fourth-order valence-electron chi connectivity index (χ4n) is 1.55. The Morgan fingerprint density at radius 3 is 2.50 bits per heavy atom. The van der Waals surface area contributed by atoms with Crippen LogP contribution in [0.4, 0.5) is 0 Å². The molecule has 0 aromatic rings. The highest BCUT2D eigenvalue weighted by atomic mass is 15.2. The SMILES string of the molecule is CCN(CCN=[N+]=[N-])C(C)CN(C)C. The van der Waals surface area contributed by atoms with E-state index in [-0.39, 0.29) is 0 Å². The largest absolute Gasteiger partial charge is 0.308 e. The maximum Gasteiger partial charge on any atom is 0.0385 e. The molecule has 0 bridgehead atoms. The number of nitrogens with zero attached hydrogens (tertiary/aromatic N) is 5. The van der Waals surface area contributed by atoms with Crippen molar-refractivity contribution in [1.29, 1.82) is 0 Å². The lowest BCUT2D eigenvalue weighted by Crippen LogP contribution is -2.41. The number of hydrogen-bond donors (Lipinski definition) is 0. The zero-order valence-electron chi connectivity index (χ0n) is 9.64. The van der Waals surface area contributed by atoms with Gasteiger partial charge in [-0.2, -0.15) is 0 Å². The molecule has 14 heavy (non-hydrogen) atoms. The molecule has 0 rings (SSSR count). The van der Waals surface area contributed by atoms with Gasteiger partial charge in [-0.1, -0.05) is 12.0 Å². The van der Waals surface area contributed by atoms with Crippen LogP contribution < -0.4 is 0 Å². The highest BCUT2D eigenvalue weighted by molar-refractivity contribution is 4.69. The van der Waals surface area contributed by atoms with Crippen LogP contribution in [0, 0.1) is 0 Å². The van der Waals surface area contributed by atoms with Crippen molar-refractivity contribution < 1.29 is 0 Å². The van der Waals surface area contributed by atoms with Crippen molar-refractivity contribution in [3.8, 4) is 0 Å². The Morgan fingerprint density at radius 1 is 1.43 bits per heavy atom. The lowest BCUT2D eigenvalue weighted by Gasteiger charge is -2.29. The summed E-state index contributed by atoms with van der Waals surface area (Å²) in [5, 5.41) is 3.55. The van der Waals surface area contributed by atoms with Crippen molar-refractivity contribution in [3.05, 3.63) is 10.4 Å². The van der Waals surface area contributed by atoms with Crippen molar-refractivity contribution in [2.24, 2.45) is 5.11 Å². The quantitative estimate of drug-likeness (QED) is 0.355. The summed E-state index contributed by atoms with van der Waals surface area (Å²) >= 11 is 0. The van der Waals surface area contributed by atoms with Crippen LogP contribution in [0.3, 0.4) is 0 Å². The van der Waals surface area contributed by atoms with Crippen LogP contribution in [-0.4, -0.2) is 56.1 Å². The molecule has 0 aliphatic rings. The monoisotopic (exact) mass is 199 g/mol. The Kier molecular flexibility index (Phi) is 7.20. The first kappa shape index (κ1) is 13.2. The Balaban J connectivity index is 3.91. The van der Waals surface area contributed by atoms with Gasteiger partial charge in [-0.25, -0.2) is 0 Å². The molecule has 5 heteroatoms. The number of azide groups is 1. The summed E-state index contributed by atoms with van der Waals surface area (Å²) in [6, 6.07) is 0.504. The molecule has 0 radical (unpaired) electrons. The molecule has 0 saturated carbocycles. The first-order valence-electron chi connectivity index (χ1n) is 5.01. The van der Waals surface area contributed by atoms with Gasteiger partial charge in [0.2, 0.25) is 0 Å². The van der Waals surface area contributed by atoms with Gasteiger partial charge in [0.05, 0.1) is 0 Å². The van der Waals surface area contributed by atoms with Gasteiger partial charge >= 0.3 is 0 Å². The van der Waals surface area contributed by atoms with Crippen LogP contribution in [0.5, 0.6) is 0 Å². The van der Waals surface area contributed by atoms with Gasteiger partial charge in [-0.05, 0) is 33.1 Å². The van der Waals surface area contributed by atoms with Crippen LogP contribution >= 0.6 is 0 Å². The van der Waals surface area contributed by atoms with E-state index in [4.69, 9.17) is 5.53 Å². The summed E-state index contributed by atoms with van der Waals surface area (Å²) in [4.78, 5) is 7.23. The molecule has 0 aliphatic carbocycles. The molecule has 0 N–H and O–H groups in total. The molecule has 5 nitrogen and oxygen atoms in total. The van der Waals surface area contributed by atoms with Crippen LogP contribution in [0.25, 0.3) is 10.4 Å². The third kappa shape index (κ3) is 5.80. The fraction of sp³-hybridized carbons (Fsp3) is 1.00. The number of rotatable bonds is 7. The van der Waals surface area contributed by atoms with Crippen LogP contribution in [0.1, 0.15) is 13.8 Å². The zero-order chi connectivity index (χ0) is 11.0. The summed E-state index contributed by atoms with van der Waals surface area (Å²) in [5.41, 5.74) is 8.17. The molecule has 0 saturated heterocycles. The molecular formula is C9H21N5. The van der Waals surface area contributed by atoms with Gasteiger partial charge in [0, 0.05) is 30.6 Å². The Labute approximate surface area is 86.3 Å². The van der Waals surface area contributed by atoms with Crippen LogP contribution in [-0.2, 0) is 0 Å². The van der Waals surface area contributed by atoms with Gasteiger partial charge < -0.3 is 4.90 Å². The van der Waals surface area contributed by atoms with E-state index in [1.807, 2.05) is 0 Å². The minimum Gasteiger partial charge on any atom is -0.308 e. The van der Waals surface area contributed by atoms with Crippen molar-refractivity contribution in [1.82, 2.24) is 9.80 Å². The van der Waals surface area contributed by atoms with Gasteiger partial charge in [0.15, 0.2) is 0 Å². The van der Waals surface area contributed by atoms with Crippen molar-refractivity contribution in [2.75, 3.05) is 40.3 Å². The Hall–Kier alpha value is -0.770. The summed E-state index contributed by atoms with van der Waals surface area (Å²) in [5.74, 6) is 0. The molecule has 0 fully saturated rings. The second-order valence-electron chi connectivity index (χ2n) is 3.69. The normalized spacial score (nSPS) is 13.0. The topological polar surface area (TPSA) is 55.2 Å². The molecule has 1 unspecified atom stereocenters. The maximum absolute atomic E-state index is 8.17. The third-order valence-electron chi connectivity index (χ3n) is 2.21. The standard InChI is InChI=1S/C9H21N5/c1-5-14(7-6-11-12-10)9(2)8-13(3)4/h9H,5-8H2,1-4H3. The molecular weight excluding hydrogens is 178 g/mol. The molecule has 0 amide bonds. The third-order valence-corrected chi connectivity index (χ3v) is 2.21. The van der Waals surface area contributed by atoms with Crippen molar-refractivity contribution in [2.45, 2.75) is 19.9 Å². The smallest absolute Gasteiger partial charge is 0.0385 e. The molecule has 1 atom stereocenters. The van der Waals surface area contributed by atoms with Gasteiger partial charge in [0.1, 0.15) is 0 Å². The van der Waals surface area contributed by atoms with E-state index in [9.17, 15) is 0 Å². The average molecular weight is 199 g/mol. The van der Waals surface area contributed by atoms with E-state index in [0.717, 1.165) is 19.6 Å². The first-order chi connectivity index (χ1) is 6.61. The minimum atomic E-state index is 0.504. The molecule has 0 spiro atoms. The van der Waals surface area contributed by atoms with E-state index in [0.29, 0.717) is 12.6 Å². The first-order valence-corrected chi connectivity index (χ1v) is 5.01. The van der Waals surface area contributed by atoms with Crippen LogP contribution in [0.2, 0.25) is 0 Å². The van der Waals surface area contributed by atoms with Crippen LogP contribution in [0.15, 0.2) is 5.11 Å². The van der Waals surface area contributed by atoms with E-state index in [1.54, 1.807) is 0 Å². The minimum absolute atomic E-state index is 0.504. The summed E-state index contributed by atoms with van der Waals surface area (Å²) < 4.78 is 0. The predicted octanol–water partition coefficient (Wildman–Crippen LogP) is 1.57. The second-order valence-corrected chi connectivity index (χ2v) is 3.69. The molecule has 0 heterocycles. The summed E-state index contributed by atoms with van der Waals surface area (Å²) in [6.07, 6.45) is 0. The van der Waals surface area contributed by atoms with E-state index < -0.39 is 0 Å². The summed E-state index contributed by atoms with van der Waals surface area (Å²) in [6.45, 7) is 7.75. The molecule has 0 aromatic carbocycles. The zero-order valence-corrected chi connectivity index (χ0v) is 9.64. The lowest BCUT2D eigenvalue weighted by atomic mass is 10.2. The average Bonchev–Trinajstić information content (AvgIpc) is 2.11. The Bertz CT molecular complexity index is 186. The highest BCUT2D eigenvalue weighted by Gasteiger charge is 2.11. The molecule has 82 valence electrons. The second kappa shape index (κ2) is 7.62. The summed E-state index contributed by atoms with van der Waals surface area (Å²) in [7, 11) is 4.13. The van der Waals surface area contributed by atoms with E-state index in [2.05, 4.69) is 47.8 Å². The van der Waals surface area contributed by atoms with Gasteiger partial charge in [-0.3, -0.25) is 4.90 Å². The predicted molar refractivity (Wildman–Crippen MR) is 59.3 cm³/mol. The van der Waals surface area contributed by atoms with E-state index in [1.165, 1.54) is 0 Å². The number of likely N-dealkylation sites (N-methyl/N-ethyl adjacent to an activating group) is 2. The Morgan fingerprint density at radius 2 is 2.07 bits per heavy atom. The molecule has 0 aliphatic heterocycles. The van der Waals surface area contributed by atoms with E-state index >= 15 is 0 Å². The number of hydrogen-bond acceptors (Lipinski definition) is 3. The highest BCUT2D eigenvalue weighted by Crippen LogP contribution is 1.99. The van der Waals surface area contributed by atoms with Crippen molar-refractivity contribution in [3.63, 3.8) is 0 Å². The maximum atomic E-state index is 8.17. The van der Waals surface area contributed by atoms with Gasteiger partial charge in [0.25, 0.3) is 0 Å². The lowest BCUT2D eigenvalue weighted by molar-refractivity contribution is 0.186. The fourth-order valence-corrected chi connectivity index (χ4v) is 1.55. The molecule has 0 aromatic heterocycles. The van der Waals surface area contributed by atoms with Gasteiger partial charge in [-0.15, -0.1) is 0 Å². The van der Waals surface area contributed by atoms with Crippen molar-refractivity contribution >= 4 is 0 Å².